The average Bonchev–Trinajstić information content (AvgIpc) is 1.77. The highest BCUT2D eigenvalue weighted by Crippen LogP contribution is 2.44. The number of amides is 3. The number of H-pyrrole nitrogens is 2. The first-order valence-corrected chi connectivity index (χ1v) is 46.5. The van der Waals surface area contributed by atoms with Gasteiger partial charge >= 0.3 is 18.0 Å². The number of benzene rings is 4. The maximum Gasteiger partial charge on any atom is 0.318 e. The summed E-state index contributed by atoms with van der Waals surface area (Å²) in [6, 6.07) is 16.6. The minimum absolute atomic E-state index is 0. The number of likely N-dealkylation sites (tertiary alicyclic amines) is 3. The topological polar surface area (TPSA) is 286 Å². The summed E-state index contributed by atoms with van der Waals surface area (Å²) in [7, 11) is 7.36. The van der Waals surface area contributed by atoms with Gasteiger partial charge in [0.2, 0.25) is 24.3 Å². The van der Waals surface area contributed by atoms with Crippen LogP contribution in [0.2, 0.25) is 5.02 Å². The number of alkyl halides is 4. The van der Waals surface area contributed by atoms with E-state index in [1.165, 1.54) is 52.2 Å². The van der Waals surface area contributed by atoms with Gasteiger partial charge in [-0.1, -0.05) is 48.0 Å². The Morgan fingerprint density at radius 3 is 1.38 bits per heavy atom. The molecule has 6 fully saturated rings. The summed E-state index contributed by atoms with van der Waals surface area (Å²) in [5.74, 6) is 2.04. The molecule has 135 heavy (non-hydrogen) atoms. The summed E-state index contributed by atoms with van der Waals surface area (Å²) in [6.45, 7) is 32.8. The van der Waals surface area contributed by atoms with Gasteiger partial charge in [-0.2, -0.15) is 67.1 Å². The Labute approximate surface area is 805 Å². The Morgan fingerprint density at radius 1 is 0.541 bits per heavy atom. The van der Waals surface area contributed by atoms with Gasteiger partial charge in [0.25, 0.3) is 0 Å². The van der Waals surface area contributed by atoms with Crippen molar-refractivity contribution in [2.75, 3.05) is 215 Å². The quantitative estimate of drug-likeness (QED) is 0.0305. The first-order valence-electron chi connectivity index (χ1n) is 46.1. The number of anilines is 6. The fourth-order valence-electron chi connectivity index (χ4n) is 20.6. The summed E-state index contributed by atoms with van der Waals surface area (Å²) in [5.41, 5.74) is 12.4. The zero-order chi connectivity index (χ0) is 93.7. The van der Waals surface area contributed by atoms with Gasteiger partial charge in [0, 0.05) is 213 Å². The molecule has 0 radical (unpaired) electrons. The number of hydrogen-bond acceptors (Lipinski definition) is 25. The third kappa shape index (κ3) is 22.7. The van der Waals surface area contributed by atoms with Gasteiger partial charge < -0.3 is 73.0 Å². The number of ether oxygens (including phenoxy) is 4. The van der Waals surface area contributed by atoms with Crippen LogP contribution in [0.4, 0.5) is 52.1 Å². The number of hydrogen-bond donors (Lipinski definition) is 3. The van der Waals surface area contributed by atoms with Crippen molar-refractivity contribution < 1.29 is 56.0 Å². The molecule has 6 saturated heterocycles. The number of halogens is 5. The SMILES string of the molecule is COC/C=C/C(=O)N1CCN(c2nc(OC[C@@H]3CC(C)(F)CN3C)nc3c2CCN(c2c(C)c(C)cc4[nH]ncc24)C3)CC1.Cc1cc2[nH]ncc2c(N2CCc3c(nc(OC[C@@H]4CC(C)(F)CN4C)nc3N3CCN(C(=O)/C=C/CO)CC3)C2)c1C.S.S.[C-]#[N+]C[C@H]1CN(c2nc(OC[C@@H]3CC(C)(F)CN3C)nc3c2CCN(c2cccc4cccc(Cl)c24)C3)CCN1C(=O)/C=C/CF. The Kier molecular flexibility index (Phi) is 32.1. The molecule has 4 aromatic carbocycles. The summed E-state index contributed by atoms with van der Waals surface area (Å²) < 4.78 is 80.6. The van der Waals surface area contributed by atoms with Gasteiger partial charge in [0.1, 0.15) is 67.0 Å². The molecule has 9 aliphatic rings. The normalized spacial score (nSPS) is 22.8. The van der Waals surface area contributed by atoms with Crippen LogP contribution < -0.4 is 43.6 Å². The number of allylic oxidation sites excluding steroid dienone is 1. The first-order chi connectivity index (χ1) is 63.9. The predicted molar refractivity (Wildman–Crippen MR) is 528 cm³/mol. The molecule has 0 aliphatic carbocycles. The molecule has 3 amide bonds. The molecule has 7 atom stereocenters. The van der Waals surface area contributed by atoms with Gasteiger partial charge in [0.05, 0.1) is 89.8 Å². The van der Waals surface area contributed by atoms with Crippen LogP contribution in [0.5, 0.6) is 18.0 Å². The van der Waals surface area contributed by atoms with Gasteiger partial charge in [-0.05, 0) is 147 Å². The van der Waals surface area contributed by atoms with Gasteiger partial charge in [-0.15, -0.1) is 0 Å². The third-order valence-corrected chi connectivity index (χ3v) is 27.8. The molecule has 9 aromatic rings. The summed E-state index contributed by atoms with van der Waals surface area (Å²) >= 11 is 6.69. The van der Waals surface area contributed by atoms with E-state index in [-0.39, 0.29) is 94.6 Å². The summed E-state index contributed by atoms with van der Waals surface area (Å²) in [5, 5.41) is 28.8. The van der Waals surface area contributed by atoms with E-state index >= 15 is 0 Å². The Bertz CT molecular complexity index is 5880. The second-order valence-electron chi connectivity index (χ2n) is 37.5. The van der Waals surface area contributed by atoms with E-state index in [9.17, 15) is 31.9 Å². The monoisotopic (exact) mass is 1920 g/mol. The average molecular weight is 1920 g/mol. The van der Waals surface area contributed by atoms with Crippen LogP contribution in [0.3, 0.4) is 0 Å². The van der Waals surface area contributed by atoms with Crippen molar-refractivity contribution in [3.8, 4) is 18.0 Å². The maximum atomic E-state index is 14.7. The lowest BCUT2D eigenvalue weighted by Crippen LogP contribution is -2.56. The number of fused-ring (bicyclic) bond motifs is 6. The van der Waals surface area contributed by atoms with Crippen molar-refractivity contribution >= 4 is 123 Å². The van der Waals surface area contributed by atoms with Crippen molar-refractivity contribution in [3.63, 3.8) is 0 Å². The fourth-order valence-corrected chi connectivity index (χ4v) is 20.9. The lowest BCUT2D eigenvalue weighted by atomic mass is 9.99. The second-order valence-corrected chi connectivity index (χ2v) is 37.9. The van der Waals surface area contributed by atoms with Crippen LogP contribution in [0.25, 0.3) is 37.4 Å². The van der Waals surface area contributed by atoms with Crippen LogP contribution in [0, 0.1) is 34.3 Å². The van der Waals surface area contributed by atoms with E-state index in [2.05, 4.69) is 113 Å². The lowest BCUT2D eigenvalue weighted by Gasteiger charge is -2.41. The Morgan fingerprint density at radius 2 is 0.956 bits per heavy atom. The summed E-state index contributed by atoms with van der Waals surface area (Å²) in [4.78, 5) is 95.9. The molecular weight excluding hydrogens is 1790 g/mol. The molecule has 9 aliphatic heterocycles. The molecule has 5 aromatic heterocycles. The molecule has 3 unspecified atom stereocenters. The van der Waals surface area contributed by atoms with Crippen LogP contribution in [-0.2, 0) is 58.0 Å². The van der Waals surface area contributed by atoms with E-state index in [0.29, 0.717) is 180 Å². The Balaban J connectivity index is 0.000000161. The molecule has 18 rings (SSSR count). The largest absolute Gasteiger partial charge is 0.462 e. The van der Waals surface area contributed by atoms with Gasteiger partial charge in [-0.3, -0.25) is 39.3 Å². The molecule has 0 bridgehead atoms. The highest BCUT2D eigenvalue weighted by atomic mass is 35.5. The molecule has 14 heterocycles. The number of carbonyl (C=O) groups is 3. The Hall–Kier alpha value is -10.9. The number of aromatic nitrogens is 10. The standard InChI is InChI=1S/C34H38ClF2N7O2.C32H43FN8O3.C31H41FN8O3.2H2S/c1-34(37)17-24(41(3)22-34)21-46-33-39-28-20-42(29-10-5-8-23-7-4-9-27(35)31(23)29)14-12-26(28)32(40-33)43-15-16-44(25(19-43)18-38-2)30(45)11-6-13-36;1-21-15-26-25(17-34-37-26)29(22(21)2)41-9-8-24-27(18-41)35-31(44-19-23-16-32(3,33)20-38(23)4)36-30(24)40-12-10-39(11-13-40)28(42)7-6-14-43-5;1-20-14-25-24(16-33-36-25)28(21(20)2)40-8-7-23-26(17-40)34-30(43-18-22-15-31(3,32)19-37(22)4)35-29(23)39-11-9-38(10-12-39)27(42)6-5-13-41;;/h4-11,24-25H,12-22H2,1,3H3;6-7,15,17,23H,8-14,16,18-20H2,1-5H3,(H,34,37);5-6,14,16,22,41H,7-13,15,17-19H2,1-4H3,(H,33,36);2*1H2/b11-6+;7-6+;6-5+;;/t24-,25-,34?;23-,32?;22-,31?;;/m000../s1. The molecule has 724 valence electrons. The van der Waals surface area contributed by atoms with Crippen molar-refractivity contribution in [3.05, 3.63) is 170 Å². The van der Waals surface area contributed by atoms with Gasteiger partial charge in [0.15, 0.2) is 0 Å². The number of nitrogens with zero attached hydrogens (tertiary/aromatic N) is 21. The molecule has 38 heteroatoms. The van der Waals surface area contributed by atoms with Crippen LogP contribution in [-0.4, -0.2) is 329 Å². The number of methoxy groups -OCH3 is 1. The number of nitrogens with one attached hydrogen (secondary N) is 2. The number of aromatic amines is 2. The van der Waals surface area contributed by atoms with Gasteiger partial charge in [-0.25, -0.2) is 24.1 Å². The zero-order valence-corrected chi connectivity index (χ0v) is 81.7. The van der Waals surface area contributed by atoms with Crippen LogP contribution in [0.15, 0.2) is 97.4 Å². The maximum absolute atomic E-state index is 14.7. The smallest absolute Gasteiger partial charge is 0.318 e. The first kappa shape index (κ1) is 100. The highest BCUT2D eigenvalue weighted by molar-refractivity contribution is 7.59. The van der Waals surface area contributed by atoms with E-state index in [1.54, 1.807) is 49.8 Å². The number of piperazine rings is 3. The van der Waals surface area contributed by atoms with Crippen molar-refractivity contribution in [1.82, 2.24) is 79.7 Å². The van der Waals surface area contributed by atoms with E-state index in [1.807, 2.05) is 71.3 Å². The van der Waals surface area contributed by atoms with Crippen molar-refractivity contribution in [2.45, 2.75) is 148 Å². The van der Waals surface area contributed by atoms with E-state index in [0.717, 1.165) is 121 Å². The zero-order valence-electron chi connectivity index (χ0n) is 79.0. The molecular formula is C97H126ClF4N23O8S2. The number of likely N-dealkylation sites (N-methyl/N-ethyl adjacent to an activating group) is 3. The van der Waals surface area contributed by atoms with Crippen molar-refractivity contribution in [2.24, 2.45) is 0 Å². The van der Waals surface area contributed by atoms with Crippen LogP contribution in [0.1, 0.15) is 96.1 Å². The second kappa shape index (κ2) is 43.2. The number of aryl methyl sites for hydroxylation is 2. The minimum Gasteiger partial charge on any atom is -0.462 e. The number of aliphatic hydroxyl groups is 1. The number of carbonyl (C=O) groups excluding carboxylic acids is 3. The number of aliphatic hydroxyl groups excluding tert-OH is 1. The molecule has 0 spiro atoms. The van der Waals surface area contributed by atoms with Crippen molar-refractivity contribution in [1.29, 1.82) is 0 Å². The summed E-state index contributed by atoms with van der Waals surface area (Å²) in [6.07, 6.45) is 15.8. The highest BCUT2D eigenvalue weighted by Gasteiger charge is 2.44. The third-order valence-electron chi connectivity index (χ3n) is 27.5. The lowest BCUT2D eigenvalue weighted by molar-refractivity contribution is -0.128. The number of rotatable bonds is 23. The molecule has 31 nitrogen and oxygen atoms in total. The van der Waals surface area contributed by atoms with E-state index < -0.39 is 23.7 Å². The van der Waals surface area contributed by atoms with Crippen LogP contribution >= 0.6 is 38.6 Å². The molecule has 0 saturated carbocycles. The minimum atomic E-state index is -1.28. The van der Waals surface area contributed by atoms with E-state index in [4.69, 9.17) is 72.1 Å². The fraction of sp³-hybridized carbons (Fsp3) is 0.526. The molecule has 3 N–H and O–H groups in total. The predicted octanol–water partition coefficient (Wildman–Crippen LogP) is 11.1.